The summed E-state index contributed by atoms with van der Waals surface area (Å²) in [5.41, 5.74) is 1.03. The highest BCUT2D eigenvalue weighted by atomic mass is 32.1. The summed E-state index contributed by atoms with van der Waals surface area (Å²) in [5.74, 6) is -1.29. The average Bonchev–Trinajstić information content (AvgIpc) is 2.88. The van der Waals surface area contributed by atoms with Crippen LogP contribution >= 0.6 is 11.3 Å². The number of carbonyl (C=O) groups is 2. The number of ether oxygens (including phenoxy) is 1. The monoisotopic (exact) mass is 231 g/mol. The molecule has 16 heavy (non-hydrogen) atoms. The molecule has 0 saturated carbocycles. The zero-order valence-electron chi connectivity index (χ0n) is 7.97. The van der Waals surface area contributed by atoms with E-state index in [1.165, 1.54) is 11.3 Å². The topological polar surface area (TPSA) is 56.3 Å². The number of nitrogens with zero attached hydrogens (tertiary/aromatic N) is 1. The van der Waals surface area contributed by atoms with Gasteiger partial charge in [-0.15, -0.1) is 11.3 Å². The SMILES string of the molecule is O=C1OC(=O)c2nc(-c3cccs3)ccc21. The van der Waals surface area contributed by atoms with Gasteiger partial charge in [-0.3, -0.25) is 0 Å². The number of pyridine rings is 1. The van der Waals surface area contributed by atoms with Crippen LogP contribution in [0.15, 0.2) is 29.6 Å². The van der Waals surface area contributed by atoms with Gasteiger partial charge in [0.25, 0.3) is 0 Å². The number of fused-ring (bicyclic) bond motifs is 1. The van der Waals surface area contributed by atoms with Crippen molar-refractivity contribution in [1.82, 2.24) is 4.98 Å². The Kier molecular flexibility index (Phi) is 1.87. The smallest absolute Gasteiger partial charge is 0.365 e. The van der Waals surface area contributed by atoms with Gasteiger partial charge in [-0.2, -0.15) is 0 Å². The molecule has 0 aliphatic carbocycles. The van der Waals surface area contributed by atoms with Crippen molar-refractivity contribution in [2.45, 2.75) is 0 Å². The summed E-state index contributed by atoms with van der Waals surface area (Å²) in [5, 5.41) is 1.92. The van der Waals surface area contributed by atoms with E-state index in [0.29, 0.717) is 5.69 Å². The molecule has 0 atom stereocenters. The quantitative estimate of drug-likeness (QED) is 0.557. The molecule has 3 rings (SSSR count). The maximum Gasteiger partial charge on any atom is 0.365 e. The highest BCUT2D eigenvalue weighted by Crippen LogP contribution is 2.26. The van der Waals surface area contributed by atoms with Gasteiger partial charge in [0.1, 0.15) is 0 Å². The summed E-state index contributed by atoms with van der Waals surface area (Å²) < 4.78 is 4.47. The first kappa shape index (κ1) is 9.23. The number of aromatic nitrogens is 1. The molecule has 4 nitrogen and oxygen atoms in total. The van der Waals surface area contributed by atoms with Crippen molar-refractivity contribution in [3.8, 4) is 10.6 Å². The number of cyclic esters (lactones) is 2. The standard InChI is InChI=1S/C11H5NO3S/c13-10-6-3-4-7(8-2-1-5-16-8)12-9(6)11(14)15-10/h1-5H. The van der Waals surface area contributed by atoms with Crippen LogP contribution in [0.1, 0.15) is 20.8 Å². The van der Waals surface area contributed by atoms with Crippen molar-refractivity contribution in [2.75, 3.05) is 0 Å². The molecule has 0 fully saturated rings. The summed E-state index contributed by atoms with van der Waals surface area (Å²) in [4.78, 5) is 27.6. The molecule has 0 bridgehead atoms. The Bertz CT molecular complexity index is 589. The van der Waals surface area contributed by atoms with Crippen LogP contribution in [0.4, 0.5) is 0 Å². The Hall–Kier alpha value is -2.01. The van der Waals surface area contributed by atoms with E-state index in [1.54, 1.807) is 12.1 Å². The molecule has 1 aliphatic rings. The second-order valence-electron chi connectivity index (χ2n) is 3.25. The number of hydrogen-bond donors (Lipinski definition) is 0. The number of thiophene rings is 1. The van der Waals surface area contributed by atoms with E-state index in [1.807, 2.05) is 17.5 Å². The molecule has 2 aromatic heterocycles. The van der Waals surface area contributed by atoms with Crippen molar-refractivity contribution in [3.05, 3.63) is 40.9 Å². The highest BCUT2D eigenvalue weighted by Gasteiger charge is 2.31. The number of esters is 2. The zero-order chi connectivity index (χ0) is 11.1. The fourth-order valence-electron chi connectivity index (χ4n) is 1.53. The van der Waals surface area contributed by atoms with Gasteiger partial charge in [0.05, 0.1) is 16.1 Å². The van der Waals surface area contributed by atoms with E-state index in [0.717, 1.165) is 4.88 Å². The molecule has 78 valence electrons. The molecule has 0 amide bonds. The van der Waals surface area contributed by atoms with Gasteiger partial charge in [-0.1, -0.05) is 6.07 Å². The molecule has 0 spiro atoms. The first-order valence-corrected chi connectivity index (χ1v) is 5.45. The highest BCUT2D eigenvalue weighted by molar-refractivity contribution is 7.13. The molecule has 3 heterocycles. The van der Waals surface area contributed by atoms with Gasteiger partial charge in [-0.25, -0.2) is 14.6 Å². The third kappa shape index (κ3) is 1.25. The summed E-state index contributed by atoms with van der Waals surface area (Å²) in [6, 6.07) is 7.09. The Labute approximate surface area is 94.5 Å². The Balaban J connectivity index is 2.17. The minimum Gasteiger partial charge on any atom is -0.384 e. The Morgan fingerprint density at radius 1 is 1.12 bits per heavy atom. The van der Waals surface area contributed by atoms with Crippen LogP contribution in [-0.4, -0.2) is 16.9 Å². The van der Waals surface area contributed by atoms with Crippen LogP contribution in [0, 0.1) is 0 Å². The first-order chi connectivity index (χ1) is 7.75. The van der Waals surface area contributed by atoms with Gasteiger partial charge < -0.3 is 4.74 Å². The minimum absolute atomic E-state index is 0.107. The maximum atomic E-state index is 11.3. The lowest BCUT2D eigenvalue weighted by molar-refractivity contribution is 0.0441. The van der Waals surface area contributed by atoms with Crippen LogP contribution in [0.5, 0.6) is 0 Å². The van der Waals surface area contributed by atoms with Gasteiger partial charge in [0.2, 0.25) is 0 Å². The third-order valence-corrected chi connectivity index (χ3v) is 3.16. The second kappa shape index (κ2) is 3.24. The molecule has 0 saturated heterocycles. The first-order valence-electron chi connectivity index (χ1n) is 4.57. The summed E-state index contributed by atoms with van der Waals surface area (Å²) in [6.45, 7) is 0. The zero-order valence-corrected chi connectivity index (χ0v) is 8.78. The van der Waals surface area contributed by atoms with Crippen molar-refractivity contribution in [2.24, 2.45) is 0 Å². The molecule has 0 aromatic carbocycles. The van der Waals surface area contributed by atoms with Crippen molar-refractivity contribution in [3.63, 3.8) is 0 Å². The summed E-state index contributed by atoms with van der Waals surface area (Å²) in [7, 11) is 0. The summed E-state index contributed by atoms with van der Waals surface area (Å²) >= 11 is 1.52. The van der Waals surface area contributed by atoms with E-state index in [-0.39, 0.29) is 11.3 Å². The number of hydrogen-bond acceptors (Lipinski definition) is 5. The fraction of sp³-hybridized carbons (Fsp3) is 0. The number of rotatable bonds is 1. The van der Waals surface area contributed by atoms with E-state index in [2.05, 4.69) is 9.72 Å². The molecule has 0 N–H and O–H groups in total. The van der Waals surface area contributed by atoms with Crippen molar-refractivity contribution in [1.29, 1.82) is 0 Å². The van der Waals surface area contributed by atoms with Crippen molar-refractivity contribution >= 4 is 23.3 Å². The molecule has 2 aromatic rings. The molecule has 5 heteroatoms. The second-order valence-corrected chi connectivity index (χ2v) is 4.19. The van der Waals surface area contributed by atoms with Gasteiger partial charge in [-0.05, 0) is 23.6 Å². The summed E-state index contributed by atoms with van der Waals surface area (Å²) in [6.07, 6.45) is 0. The van der Waals surface area contributed by atoms with E-state index < -0.39 is 11.9 Å². The fourth-order valence-corrected chi connectivity index (χ4v) is 2.22. The maximum absolute atomic E-state index is 11.3. The van der Waals surface area contributed by atoms with Crippen LogP contribution in [0.2, 0.25) is 0 Å². The third-order valence-electron chi connectivity index (χ3n) is 2.27. The van der Waals surface area contributed by atoms with Crippen LogP contribution < -0.4 is 0 Å². The van der Waals surface area contributed by atoms with Gasteiger partial charge in [0, 0.05) is 0 Å². The number of carbonyl (C=O) groups excluding carboxylic acids is 2. The molecule has 0 unspecified atom stereocenters. The lowest BCUT2D eigenvalue weighted by atomic mass is 10.2. The predicted octanol–water partition coefficient (Wildman–Crippen LogP) is 2.12. The van der Waals surface area contributed by atoms with Gasteiger partial charge >= 0.3 is 11.9 Å². The van der Waals surface area contributed by atoms with E-state index in [4.69, 9.17) is 0 Å². The normalized spacial score (nSPS) is 13.8. The molecular formula is C11H5NO3S. The predicted molar refractivity (Wildman–Crippen MR) is 57.3 cm³/mol. The molecule has 1 aliphatic heterocycles. The van der Waals surface area contributed by atoms with E-state index in [9.17, 15) is 9.59 Å². The van der Waals surface area contributed by atoms with Gasteiger partial charge in [0.15, 0.2) is 5.69 Å². The molecule has 0 radical (unpaired) electrons. The Morgan fingerprint density at radius 3 is 2.75 bits per heavy atom. The largest absolute Gasteiger partial charge is 0.384 e. The average molecular weight is 231 g/mol. The van der Waals surface area contributed by atoms with Crippen LogP contribution in [-0.2, 0) is 4.74 Å². The van der Waals surface area contributed by atoms with Crippen LogP contribution in [0.3, 0.4) is 0 Å². The lowest BCUT2D eigenvalue weighted by Gasteiger charge is -1.97. The Morgan fingerprint density at radius 2 is 2.00 bits per heavy atom. The minimum atomic E-state index is -0.668. The van der Waals surface area contributed by atoms with Crippen LogP contribution in [0.25, 0.3) is 10.6 Å². The van der Waals surface area contributed by atoms with E-state index >= 15 is 0 Å². The molecular weight excluding hydrogens is 226 g/mol. The lowest BCUT2D eigenvalue weighted by Crippen LogP contribution is -1.98. The van der Waals surface area contributed by atoms with Crippen molar-refractivity contribution < 1.29 is 14.3 Å².